The highest BCUT2D eigenvalue weighted by Crippen LogP contribution is 2.35. The van der Waals surface area contributed by atoms with Crippen LogP contribution in [0.2, 0.25) is 0 Å². The van der Waals surface area contributed by atoms with E-state index in [0.29, 0.717) is 24.7 Å². The minimum atomic E-state index is -0.289. The van der Waals surface area contributed by atoms with Crippen LogP contribution in [0.4, 0.5) is 8.78 Å². The summed E-state index contributed by atoms with van der Waals surface area (Å²) in [6.45, 7) is -0.388. The van der Waals surface area contributed by atoms with Gasteiger partial charge in [0.1, 0.15) is 0 Å². The zero-order valence-corrected chi connectivity index (χ0v) is 10.5. The van der Waals surface area contributed by atoms with Crippen LogP contribution in [0.1, 0.15) is 44.9 Å². The molecule has 100 valence electrons. The number of alkyl halides is 2. The SMILES string of the molecule is OCCC[C@@H](CCF)C1CCC=C(CCF)C1. The Balaban J connectivity index is 2.47. The van der Waals surface area contributed by atoms with Crippen molar-refractivity contribution in [3.63, 3.8) is 0 Å². The maximum Gasteiger partial charge on any atom is 0.0931 e. The van der Waals surface area contributed by atoms with E-state index < -0.39 is 0 Å². The van der Waals surface area contributed by atoms with Crippen molar-refractivity contribution in [3.05, 3.63) is 11.6 Å². The molecular weight excluding hydrogens is 222 g/mol. The van der Waals surface area contributed by atoms with Gasteiger partial charge >= 0.3 is 0 Å². The summed E-state index contributed by atoms with van der Waals surface area (Å²) in [5, 5.41) is 8.86. The maximum atomic E-state index is 12.5. The third kappa shape index (κ3) is 5.15. The molecule has 1 nitrogen and oxygen atoms in total. The molecule has 2 atom stereocenters. The summed E-state index contributed by atoms with van der Waals surface area (Å²) in [5.74, 6) is 0.847. The molecule has 0 saturated carbocycles. The molecule has 0 bridgehead atoms. The Bertz CT molecular complexity index is 228. The second-order valence-corrected chi connectivity index (χ2v) is 4.95. The molecule has 1 unspecified atom stereocenters. The second-order valence-electron chi connectivity index (χ2n) is 4.95. The summed E-state index contributed by atoms with van der Waals surface area (Å²) in [5.41, 5.74) is 1.21. The van der Waals surface area contributed by atoms with Crippen LogP contribution in [-0.2, 0) is 0 Å². The first kappa shape index (κ1) is 14.6. The molecule has 0 heterocycles. The third-order valence-corrected chi connectivity index (χ3v) is 3.79. The lowest BCUT2D eigenvalue weighted by molar-refractivity contribution is 0.212. The minimum absolute atomic E-state index is 0.183. The molecular formula is C14H24F2O. The molecule has 0 spiro atoms. The fourth-order valence-electron chi connectivity index (χ4n) is 2.86. The maximum absolute atomic E-state index is 12.5. The van der Waals surface area contributed by atoms with Crippen molar-refractivity contribution in [1.29, 1.82) is 0 Å². The van der Waals surface area contributed by atoms with Crippen LogP contribution < -0.4 is 0 Å². The molecule has 0 aromatic rings. The van der Waals surface area contributed by atoms with Gasteiger partial charge in [0.25, 0.3) is 0 Å². The van der Waals surface area contributed by atoms with Crippen molar-refractivity contribution >= 4 is 0 Å². The number of aliphatic hydroxyl groups excluding tert-OH is 1. The van der Waals surface area contributed by atoms with Crippen LogP contribution in [0.5, 0.6) is 0 Å². The molecule has 17 heavy (non-hydrogen) atoms. The quantitative estimate of drug-likeness (QED) is 0.645. The van der Waals surface area contributed by atoms with E-state index in [2.05, 4.69) is 6.08 Å². The molecule has 0 aromatic carbocycles. The Morgan fingerprint density at radius 3 is 2.76 bits per heavy atom. The molecule has 1 aliphatic rings. The Morgan fingerprint density at radius 2 is 2.12 bits per heavy atom. The van der Waals surface area contributed by atoms with Crippen molar-refractivity contribution in [2.75, 3.05) is 20.0 Å². The molecule has 0 radical (unpaired) electrons. The first-order valence-electron chi connectivity index (χ1n) is 6.72. The van der Waals surface area contributed by atoms with Crippen molar-refractivity contribution in [2.24, 2.45) is 11.8 Å². The fraction of sp³-hybridized carbons (Fsp3) is 0.857. The van der Waals surface area contributed by atoms with E-state index in [-0.39, 0.29) is 20.0 Å². The average molecular weight is 246 g/mol. The van der Waals surface area contributed by atoms with Crippen LogP contribution in [0, 0.1) is 11.8 Å². The number of hydrogen-bond donors (Lipinski definition) is 1. The number of allylic oxidation sites excluding steroid dienone is 2. The highest BCUT2D eigenvalue weighted by Gasteiger charge is 2.24. The van der Waals surface area contributed by atoms with Gasteiger partial charge in [0, 0.05) is 6.61 Å². The van der Waals surface area contributed by atoms with Crippen molar-refractivity contribution < 1.29 is 13.9 Å². The zero-order chi connectivity index (χ0) is 12.5. The molecule has 1 rings (SSSR count). The lowest BCUT2D eigenvalue weighted by atomic mass is 9.76. The normalized spacial score (nSPS) is 22.3. The summed E-state index contributed by atoms with van der Waals surface area (Å²) in [4.78, 5) is 0. The molecule has 1 N–H and O–H groups in total. The number of halogens is 2. The van der Waals surface area contributed by atoms with Gasteiger partial charge in [-0.15, -0.1) is 0 Å². The predicted octanol–water partition coefficient (Wildman–Crippen LogP) is 3.82. The van der Waals surface area contributed by atoms with Crippen LogP contribution in [-0.4, -0.2) is 25.1 Å². The largest absolute Gasteiger partial charge is 0.396 e. The van der Waals surface area contributed by atoms with Crippen LogP contribution >= 0.6 is 0 Å². The van der Waals surface area contributed by atoms with Gasteiger partial charge in [-0.1, -0.05) is 11.6 Å². The topological polar surface area (TPSA) is 20.2 Å². The van der Waals surface area contributed by atoms with E-state index in [1.807, 2.05) is 0 Å². The van der Waals surface area contributed by atoms with Gasteiger partial charge in [-0.2, -0.15) is 0 Å². The van der Waals surface area contributed by atoms with Crippen molar-refractivity contribution in [1.82, 2.24) is 0 Å². The van der Waals surface area contributed by atoms with Crippen LogP contribution in [0.3, 0.4) is 0 Å². The number of rotatable bonds is 8. The van der Waals surface area contributed by atoms with Crippen LogP contribution in [0.15, 0.2) is 11.6 Å². The molecule has 1 aliphatic carbocycles. The summed E-state index contributed by atoms with van der Waals surface area (Å²) >= 11 is 0. The third-order valence-electron chi connectivity index (χ3n) is 3.79. The lowest BCUT2D eigenvalue weighted by Gasteiger charge is -2.30. The monoisotopic (exact) mass is 246 g/mol. The summed E-state index contributed by atoms with van der Waals surface area (Å²) in [6, 6.07) is 0. The first-order valence-corrected chi connectivity index (χ1v) is 6.72. The standard InChI is InChI=1S/C14H24F2O/c15-8-6-12-3-1-4-14(11-12)13(7-9-16)5-2-10-17/h3,13-14,17H,1-2,4-11H2/t13-,14?/m0/s1. The Kier molecular flexibility index (Phi) is 7.41. The summed E-state index contributed by atoms with van der Waals surface area (Å²) < 4.78 is 24.9. The highest BCUT2D eigenvalue weighted by molar-refractivity contribution is 5.07. The zero-order valence-electron chi connectivity index (χ0n) is 10.5. The van der Waals surface area contributed by atoms with Gasteiger partial charge in [0.2, 0.25) is 0 Å². The lowest BCUT2D eigenvalue weighted by Crippen LogP contribution is -2.19. The Labute approximate surface area is 103 Å². The summed E-state index contributed by atoms with van der Waals surface area (Å²) in [6.07, 6.45) is 7.95. The van der Waals surface area contributed by atoms with Crippen molar-refractivity contribution in [2.45, 2.75) is 44.9 Å². The van der Waals surface area contributed by atoms with Crippen molar-refractivity contribution in [3.8, 4) is 0 Å². The van der Waals surface area contributed by atoms with Crippen LogP contribution in [0.25, 0.3) is 0 Å². The highest BCUT2D eigenvalue weighted by atomic mass is 19.1. The van der Waals surface area contributed by atoms with E-state index >= 15 is 0 Å². The summed E-state index contributed by atoms with van der Waals surface area (Å²) in [7, 11) is 0. The van der Waals surface area contributed by atoms with E-state index in [0.717, 1.165) is 32.1 Å². The van der Waals surface area contributed by atoms with E-state index in [1.54, 1.807) is 0 Å². The molecule has 0 aliphatic heterocycles. The molecule has 0 aromatic heterocycles. The average Bonchev–Trinajstić information content (AvgIpc) is 2.35. The van der Waals surface area contributed by atoms with Gasteiger partial charge in [0.05, 0.1) is 13.3 Å². The fourth-order valence-corrected chi connectivity index (χ4v) is 2.86. The molecule has 0 fully saturated rings. The number of aliphatic hydroxyl groups is 1. The van der Waals surface area contributed by atoms with Gasteiger partial charge in [-0.3, -0.25) is 8.78 Å². The van der Waals surface area contributed by atoms with Gasteiger partial charge in [-0.25, -0.2) is 0 Å². The van der Waals surface area contributed by atoms with Gasteiger partial charge < -0.3 is 5.11 Å². The van der Waals surface area contributed by atoms with E-state index in [9.17, 15) is 8.78 Å². The minimum Gasteiger partial charge on any atom is -0.396 e. The predicted molar refractivity (Wildman–Crippen MR) is 66.4 cm³/mol. The van der Waals surface area contributed by atoms with E-state index in [4.69, 9.17) is 5.11 Å². The Hall–Kier alpha value is -0.440. The molecule has 0 amide bonds. The molecule has 0 saturated heterocycles. The number of hydrogen-bond acceptors (Lipinski definition) is 1. The van der Waals surface area contributed by atoms with E-state index in [1.165, 1.54) is 5.57 Å². The second kappa shape index (κ2) is 8.62. The van der Waals surface area contributed by atoms with Gasteiger partial charge in [0.15, 0.2) is 0 Å². The smallest absolute Gasteiger partial charge is 0.0931 e. The molecule has 3 heteroatoms. The Morgan fingerprint density at radius 1 is 1.29 bits per heavy atom. The first-order chi connectivity index (χ1) is 8.31. The van der Waals surface area contributed by atoms with Gasteiger partial charge in [-0.05, 0) is 56.8 Å².